The fourth-order valence-electron chi connectivity index (χ4n) is 2.18. The maximum absolute atomic E-state index is 11.1. The molecule has 0 saturated heterocycles. The molecule has 0 atom stereocenters. The van der Waals surface area contributed by atoms with Crippen molar-refractivity contribution in [1.29, 1.82) is 0 Å². The van der Waals surface area contributed by atoms with Crippen molar-refractivity contribution >= 4 is 17.3 Å². The zero-order valence-corrected chi connectivity index (χ0v) is 12.6. The van der Waals surface area contributed by atoms with Crippen molar-refractivity contribution in [3.8, 4) is 0 Å². The van der Waals surface area contributed by atoms with Gasteiger partial charge in [0.2, 0.25) is 0 Å². The zero-order valence-electron chi connectivity index (χ0n) is 11.9. The molecule has 0 unspecified atom stereocenters. The SMILES string of the molecule is CCCNCc1cccn1Cc1ccc(Cl)cc1[N+](=O)[O-]. The molecular weight excluding hydrogens is 290 g/mol. The lowest BCUT2D eigenvalue weighted by atomic mass is 10.2. The van der Waals surface area contributed by atoms with Crippen LogP contribution in [-0.4, -0.2) is 16.0 Å². The molecule has 1 aromatic carbocycles. The molecule has 2 aromatic rings. The lowest BCUT2D eigenvalue weighted by molar-refractivity contribution is -0.385. The van der Waals surface area contributed by atoms with Gasteiger partial charge in [0, 0.05) is 35.1 Å². The molecule has 0 saturated carbocycles. The van der Waals surface area contributed by atoms with Crippen LogP contribution >= 0.6 is 11.6 Å². The highest BCUT2D eigenvalue weighted by molar-refractivity contribution is 6.30. The van der Waals surface area contributed by atoms with Gasteiger partial charge in [0.1, 0.15) is 0 Å². The van der Waals surface area contributed by atoms with Gasteiger partial charge in [-0.1, -0.05) is 18.5 Å². The molecule has 0 aliphatic carbocycles. The van der Waals surface area contributed by atoms with E-state index < -0.39 is 0 Å². The fourth-order valence-corrected chi connectivity index (χ4v) is 2.35. The van der Waals surface area contributed by atoms with Crippen LogP contribution in [0.15, 0.2) is 36.5 Å². The normalized spacial score (nSPS) is 10.8. The van der Waals surface area contributed by atoms with Gasteiger partial charge in [-0.3, -0.25) is 10.1 Å². The number of halogens is 1. The van der Waals surface area contributed by atoms with Gasteiger partial charge in [-0.2, -0.15) is 0 Å². The molecule has 0 fully saturated rings. The summed E-state index contributed by atoms with van der Waals surface area (Å²) in [5.41, 5.74) is 1.81. The third-order valence-electron chi connectivity index (χ3n) is 3.24. The van der Waals surface area contributed by atoms with E-state index in [1.165, 1.54) is 6.07 Å². The molecule has 0 spiro atoms. The van der Waals surface area contributed by atoms with Crippen molar-refractivity contribution in [3.05, 3.63) is 62.9 Å². The third-order valence-corrected chi connectivity index (χ3v) is 3.48. The number of benzene rings is 1. The summed E-state index contributed by atoms with van der Waals surface area (Å²) in [5.74, 6) is 0. The Morgan fingerprint density at radius 2 is 2.19 bits per heavy atom. The van der Waals surface area contributed by atoms with E-state index in [2.05, 4.69) is 12.2 Å². The highest BCUT2D eigenvalue weighted by atomic mass is 35.5. The third kappa shape index (κ3) is 4.06. The molecule has 21 heavy (non-hydrogen) atoms. The molecule has 1 aromatic heterocycles. The van der Waals surface area contributed by atoms with Gasteiger partial charge in [0.25, 0.3) is 5.69 Å². The zero-order chi connectivity index (χ0) is 15.2. The van der Waals surface area contributed by atoms with Crippen LogP contribution in [0.1, 0.15) is 24.6 Å². The number of nitrogens with one attached hydrogen (secondary N) is 1. The molecule has 5 nitrogen and oxygen atoms in total. The van der Waals surface area contributed by atoms with Crippen LogP contribution in [0, 0.1) is 10.1 Å². The summed E-state index contributed by atoms with van der Waals surface area (Å²) >= 11 is 5.84. The van der Waals surface area contributed by atoms with Crippen molar-refractivity contribution in [2.45, 2.75) is 26.4 Å². The summed E-state index contributed by atoms with van der Waals surface area (Å²) in [7, 11) is 0. The maximum Gasteiger partial charge on any atom is 0.275 e. The van der Waals surface area contributed by atoms with Crippen LogP contribution in [-0.2, 0) is 13.1 Å². The largest absolute Gasteiger partial charge is 0.346 e. The average Bonchev–Trinajstić information content (AvgIpc) is 2.88. The monoisotopic (exact) mass is 307 g/mol. The van der Waals surface area contributed by atoms with Crippen molar-refractivity contribution in [2.75, 3.05) is 6.54 Å². The highest BCUT2D eigenvalue weighted by Crippen LogP contribution is 2.24. The Morgan fingerprint density at radius 1 is 1.38 bits per heavy atom. The molecule has 0 aliphatic rings. The quantitative estimate of drug-likeness (QED) is 0.483. The molecule has 0 radical (unpaired) electrons. The van der Waals surface area contributed by atoms with Crippen LogP contribution in [0.25, 0.3) is 0 Å². The van der Waals surface area contributed by atoms with Gasteiger partial charge < -0.3 is 9.88 Å². The smallest absolute Gasteiger partial charge is 0.275 e. The van der Waals surface area contributed by atoms with Crippen LogP contribution in [0.4, 0.5) is 5.69 Å². The van der Waals surface area contributed by atoms with Crippen LogP contribution in [0.5, 0.6) is 0 Å². The molecule has 6 heteroatoms. The number of aromatic nitrogens is 1. The van der Waals surface area contributed by atoms with Crippen molar-refractivity contribution in [1.82, 2.24) is 9.88 Å². The standard InChI is InChI=1S/C15H18ClN3O2/c1-2-7-17-10-14-4-3-8-18(14)11-12-5-6-13(16)9-15(12)19(20)21/h3-6,8-9,17H,2,7,10-11H2,1H3. The Balaban J connectivity index is 2.19. The van der Waals surface area contributed by atoms with E-state index >= 15 is 0 Å². The molecule has 0 aliphatic heterocycles. The fraction of sp³-hybridized carbons (Fsp3) is 0.333. The predicted octanol–water partition coefficient (Wildman–Crippen LogP) is 3.60. The molecule has 1 heterocycles. The first kappa shape index (κ1) is 15.5. The first-order valence-electron chi connectivity index (χ1n) is 6.89. The lowest BCUT2D eigenvalue weighted by Gasteiger charge is -2.10. The van der Waals surface area contributed by atoms with Crippen molar-refractivity contribution < 1.29 is 4.92 Å². The van der Waals surface area contributed by atoms with Gasteiger partial charge >= 0.3 is 0 Å². The van der Waals surface area contributed by atoms with E-state index in [1.54, 1.807) is 12.1 Å². The Hall–Kier alpha value is -1.85. The summed E-state index contributed by atoms with van der Waals surface area (Å²) in [6.07, 6.45) is 3.00. The molecular formula is C15H18ClN3O2. The number of nitrogens with zero attached hydrogens (tertiary/aromatic N) is 2. The summed E-state index contributed by atoms with van der Waals surface area (Å²) in [4.78, 5) is 10.7. The van der Waals surface area contributed by atoms with Gasteiger partial charge in [-0.05, 0) is 37.2 Å². The molecule has 1 N–H and O–H groups in total. The van der Waals surface area contributed by atoms with Crippen molar-refractivity contribution in [2.24, 2.45) is 0 Å². The summed E-state index contributed by atoms with van der Waals surface area (Å²) in [6, 6.07) is 8.76. The molecule has 0 bridgehead atoms. The maximum atomic E-state index is 11.1. The van der Waals surface area contributed by atoms with Crippen LogP contribution in [0.3, 0.4) is 0 Å². The molecule has 0 amide bonds. The number of nitro groups is 1. The van der Waals surface area contributed by atoms with Gasteiger partial charge in [-0.25, -0.2) is 0 Å². The Kier molecular flexibility index (Phi) is 5.36. The van der Waals surface area contributed by atoms with Gasteiger partial charge in [0.05, 0.1) is 11.5 Å². The predicted molar refractivity (Wildman–Crippen MR) is 83.6 cm³/mol. The first-order chi connectivity index (χ1) is 10.1. The topological polar surface area (TPSA) is 60.1 Å². The second-order valence-corrected chi connectivity index (χ2v) is 5.27. The second-order valence-electron chi connectivity index (χ2n) is 4.83. The lowest BCUT2D eigenvalue weighted by Crippen LogP contribution is -2.17. The van der Waals surface area contributed by atoms with Crippen LogP contribution in [0.2, 0.25) is 5.02 Å². The van der Waals surface area contributed by atoms with Gasteiger partial charge in [0.15, 0.2) is 0 Å². The molecule has 2 rings (SSSR count). The summed E-state index contributed by atoms with van der Waals surface area (Å²) in [5, 5.41) is 14.8. The number of rotatable bonds is 7. The second kappa shape index (κ2) is 7.24. The number of hydrogen-bond donors (Lipinski definition) is 1. The van der Waals surface area contributed by atoms with Crippen molar-refractivity contribution in [3.63, 3.8) is 0 Å². The Bertz CT molecular complexity index is 625. The van der Waals surface area contributed by atoms with Gasteiger partial charge in [-0.15, -0.1) is 0 Å². The number of nitro benzene ring substituents is 1. The minimum absolute atomic E-state index is 0.0590. The molecule has 112 valence electrons. The van der Waals surface area contributed by atoms with E-state index in [1.807, 2.05) is 22.9 Å². The van der Waals surface area contributed by atoms with E-state index in [9.17, 15) is 10.1 Å². The Labute approximate surface area is 128 Å². The number of hydrogen-bond acceptors (Lipinski definition) is 3. The van der Waals surface area contributed by atoms with E-state index in [-0.39, 0.29) is 10.6 Å². The minimum atomic E-state index is -0.389. The average molecular weight is 308 g/mol. The van der Waals surface area contributed by atoms with Crippen LogP contribution < -0.4 is 5.32 Å². The highest BCUT2D eigenvalue weighted by Gasteiger charge is 2.15. The Morgan fingerprint density at radius 3 is 2.90 bits per heavy atom. The van der Waals surface area contributed by atoms with E-state index in [0.29, 0.717) is 17.1 Å². The summed E-state index contributed by atoms with van der Waals surface area (Å²) in [6.45, 7) is 4.28. The minimum Gasteiger partial charge on any atom is -0.346 e. The van der Waals surface area contributed by atoms with E-state index in [4.69, 9.17) is 11.6 Å². The first-order valence-corrected chi connectivity index (χ1v) is 7.27. The van der Waals surface area contributed by atoms with E-state index in [0.717, 1.165) is 25.2 Å². The summed E-state index contributed by atoms with van der Waals surface area (Å²) < 4.78 is 2.01.